The van der Waals surface area contributed by atoms with Gasteiger partial charge in [0.25, 0.3) is 0 Å². The number of halogens is 1. The molecular formula is C26H26FN5O4. The van der Waals surface area contributed by atoms with Gasteiger partial charge in [-0.3, -0.25) is 4.79 Å². The van der Waals surface area contributed by atoms with Crippen LogP contribution in [-0.4, -0.2) is 57.7 Å². The normalized spacial score (nSPS) is 15.9. The van der Waals surface area contributed by atoms with E-state index in [4.69, 9.17) is 10.5 Å². The summed E-state index contributed by atoms with van der Waals surface area (Å²) in [4.78, 5) is 28.1. The fourth-order valence-electron chi connectivity index (χ4n) is 3.78. The first-order valence-electron chi connectivity index (χ1n) is 11.4. The first-order valence-corrected chi connectivity index (χ1v) is 11.4. The number of pyridine rings is 1. The molecule has 0 bridgehead atoms. The summed E-state index contributed by atoms with van der Waals surface area (Å²) >= 11 is 0. The zero-order chi connectivity index (χ0) is 25.7. The Hall–Kier alpha value is -4.07. The molecule has 10 heteroatoms. The number of fused-ring (bicyclic) bond motifs is 1. The number of carbonyl (C=O) groups is 2. The van der Waals surface area contributed by atoms with Crippen molar-refractivity contribution in [3.63, 3.8) is 0 Å². The van der Waals surface area contributed by atoms with E-state index in [1.54, 1.807) is 24.1 Å². The van der Waals surface area contributed by atoms with Crippen LogP contribution in [0.3, 0.4) is 0 Å². The summed E-state index contributed by atoms with van der Waals surface area (Å²) in [7, 11) is 1.80. The van der Waals surface area contributed by atoms with Crippen molar-refractivity contribution in [3.05, 3.63) is 77.1 Å². The minimum Gasteiger partial charge on any atom is -0.373 e. The van der Waals surface area contributed by atoms with E-state index >= 15 is 0 Å². The quantitative estimate of drug-likeness (QED) is 0.418. The molecule has 4 heterocycles. The SMILES string of the molecule is CN1C(=O)CCCc2ccc(C#CC3(O)COC3)cc21.NC(=O)n1cc(Cc2cccc(F)n2)cn1. The smallest absolute Gasteiger partial charge is 0.339 e. The summed E-state index contributed by atoms with van der Waals surface area (Å²) in [5.74, 6) is 5.42. The van der Waals surface area contributed by atoms with Crippen LogP contribution in [0.1, 0.15) is 35.2 Å². The Morgan fingerprint density at radius 1 is 1.28 bits per heavy atom. The number of primary amides is 1. The number of rotatable bonds is 2. The van der Waals surface area contributed by atoms with Gasteiger partial charge < -0.3 is 20.5 Å². The monoisotopic (exact) mass is 491 g/mol. The predicted molar refractivity (Wildman–Crippen MR) is 130 cm³/mol. The van der Waals surface area contributed by atoms with Gasteiger partial charge in [-0.25, -0.2) is 9.78 Å². The van der Waals surface area contributed by atoms with Crippen LogP contribution in [0.4, 0.5) is 14.9 Å². The number of carbonyl (C=O) groups excluding carboxylic acids is 2. The highest BCUT2D eigenvalue weighted by Gasteiger charge is 2.33. The third-order valence-electron chi connectivity index (χ3n) is 5.80. The second kappa shape index (κ2) is 10.7. The van der Waals surface area contributed by atoms with E-state index in [-0.39, 0.29) is 19.1 Å². The fraction of sp³-hybridized carbons (Fsp3) is 0.308. The van der Waals surface area contributed by atoms with Gasteiger partial charge in [0.15, 0.2) is 5.60 Å². The summed E-state index contributed by atoms with van der Waals surface area (Å²) in [6.07, 6.45) is 5.79. The minimum atomic E-state index is -1.01. The van der Waals surface area contributed by atoms with Crippen LogP contribution in [0.5, 0.6) is 0 Å². The number of aromatic nitrogens is 3. The highest BCUT2D eigenvalue weighted by molar-refractivity contribution is 5.94. The predicted octanol–water partition coefficient (Wildman–Crippen LogP) is 2.03. The molecule has 36 heavy (non-hydrogen) atoms. The van der Waals surface area contributed by atoms with E-state index in [2.05, 4.69) is 21.9 Å². The number of nitrogens with zero attached hydrogens (tertiary/aromatic N) is 4. The molecule has 2 amide bonds. The van der Waals surface area contributed by atoms with Crippen LogP contribution in [-0.2, 0) is 22.4 Å². The maximum absolute atomic E-state index is 12.8. The Morgan fingerprint density at radius 2 is 2.08 bits per heavy atom. The van der Waals surface area contributed by atoms with Gasteiger partial charge in [-0.2, -0.15) is 14.2 Å². The molecule has 0 unspecified atom stereocenters. The van der Waals surface area contributed by atoms with E-state index in [1.807, 2.05) is 18.2 Å². The summed E-state index contributed by atoms with van der Waals surface area (Å²) < 4.78 is 18.8. The first-order chi connectivity index (χ1) is 17.2. The Labute approximate surface area is 207 Å². The summed E-state index contributed by atoms with van der Waals surface area (Å²) in [6, 6.07) is 9.79. The van der Waals surface area contributed by atoms with E-state index in [9.17, 15) is 19.1 Å². The second-order valence-corrected chi connectivity index (χ2v) is 8.68. The van der Waals surface area contributed by atoms with Crippen molar-refractivity contribution in [3.8, 4) is 11.8 Å². The number of ether oxygens (including phenoxy) is 1. The molecule has 1 aromatic carbocycles. The van der Waals surface area contributed by atoms with Gasteiger partial charge in [0.2, 0.25) is 11.9 Å². The van der Waals surface area contributed by atoms with E-state index < -0.39 is 17.6 Å². The summed E-state index contributed by atoms with van der Waals surface area (Å²) in [5, 5.41) is 13.6. The molecule has 2 aromatic heterocycles. The highest BCUT2D eigenvalue weighted by atomic mass is 19.1. The van der Waals surface area contributed by atoms with Crippen LogP contribution < -0.4 is 10.6 Å². The van der Waals surface area contributed by atoms with Crippen LogP contribution >= 0.6 is 0 Å². The van der Waals surface area contributed by atoms with Crippen molar-refractivity contribution in [2.24, 2.45) is 5.73 Å². The number of hydrogen-bond acceptors (Lipinski definition) is 6. The number of hydrogen-bond donors (Lipinski definition) is 2. The Balaban J connectivity index is 0.000000174. The Morgan fingerprint density at radius 3 is 2.75 bits per heavy atom. The number of nitrogens with two attached hydrogens (primary N) is 1. The Bertz CT molecular complexity index is 1340. The van der Waals surface area contributed by atoms with Gasteiger partial charge in [-0.15, -0.1) is 0 Å². The Kier molecular flexibility index (Phi) is 7.43. The van der Waals surface area contributed by atoms with Crippen molar-refractivity contribution in [2.75, 3.05) is 25.2 Å². The molecule has 2 aliphatic heterocycles. The molecule has 0 saturated carbocycles. The van der Waals surface area contributed by atoms with Crippen LogP contribution in [0.2, 0.25) is 0 Å². The van der Waals surface area contributed by atoms with Gasteiger partial charge in [0, 0.05) is 43.0 Å². The van der Waals surface area contributed by atoms with Crippen LogP contribution in [0.25, 0.3) is 0 Å². The van der Waals surface area contributed by atoms with Gasteiger partial charge >= 0.3 is 6.03 Å². The van der Waals surface area contributed by atoms with Gasteiger partial charge in [0.05, 0.1) is 19.4 Å². The van der Waals surface area contributed by atoms with E-state index in [0.717, 1.165) is 34.3 Å². The first kappa shape index (κ1) is 25.0. The molecule has 0 atom stereocenters. The average molecular weight is 492 g/mol. The minimum absolute atomic E-state index is 0.139. The van der Waals surface area contributed by atoms with Gasteiger partial charge in [-0.1, -0.05) is 24.0 Å². The molecule has 3 aromatic rings. The largest absolute Gasteiger partial charge is 0.373 e. The highest BCUT2D eigenvalue weighted by Crippen LogP contribution is 2.27. The van der Waals surface area contributed by atoms with Crippen molar-refractivity contribution >= 4 is 17.6 Å². The molecule has 3 N–H and O–H groups in total. The zero-order valence-corrected chi connectivity index (χ0v) is 19.8. The third kappa shape index (κ3) is 6.13. The molecule has 1 saturated heterocycles. The number of anilines is 1. The number of benzene rings is 1. The molecule has 186 valence electrons. The molecule has 0 aliphatic carbocycles. The fourth-order valence-corrected chi connectivity index (χ4v) is 3.78. The number of aryl methyl sites for hydroxylation is 1. The topological polar surface area (TPSA) is 124 Å². The van der Waals surface area contributed by atoms with Crippen molar-refractivity contribution in [1.82, 2.24) is 14.8 Å². The molecule has 2 aliphatic rings. The van der Waals surface area contributed by atoms with Crippen LogP contribution in [0, 0.1) is 17.8 Å². The van der Waals surface area contributed by atoms with Gasteiger partial charge in [0.1, 0.15) is 0 Å². The van der Waals surface area contributed by atoms with Crippen molar-refractivity contribution < 1.29 is 23.8 Å². The molecule has 5 rings (SSSR count). The van der Waals surface area contributed by atoms with Crippen molar-refractivity contribution in [2.45, 2.75) is 31.3 Å². The third-order valence-corrected chi connectivity index (χ3v) is 5.80. The lowest BCUT2D eigenvalue weighted by atomic mass is 10.0. The second-order valence-electron chi connectivity index (χ2n) is 8.68. The average Bonchev–Trinajstić information content (AvgIpc) is 3.25. The van der Waals surface area contributed by atoms with Crippen molar-refractivity contribution in [1.29, 1.82) is 0 Å². The summed E-state index contributed by atoms with van der Waals surface area (Å²) in [5.41, 5.74) is 8.26. The van der Waals surface area contributed by atoms with Crippen LogP contribution in [0.15, 0.2) is 48.8 Å². The maximum atomic E-state index is 12.8. The molecule has 1 fully saturated rings. The number of aliphatic hydroxyl groups is 1. The van der Waals surface area contributed by atoms with E-state index in [1.165, 1.54) is 24.0 Å². The lowest BCUT2D eigenvalue weighted by molar-refractivity contribution is -0.140. The zero-order valence-electron chi connectivity index (χ0n) is 19.8. The standard InChI is InChI=1S/C16H17NO3.C10H9FN4O/c1-17-14-9-12(7-8-16(19)10-20-11-16)5-6-13(14)3-2-4-15(17)18;11-9-3-1-2-8(14-9)4-7-5-13-15(6-7)10(12)16/h5-6,9,19H,2-4,10-11H2,1H3;1-3,5-6H,4H2,(H2,12,16). The molecule has 0 spiro atoms. The maximum Gasteiger partial charge on any atom is 0.339 e. The number of amides is 2. The van der Waals surface area contributed by atoms with Gasteiger partial charge in [-0.05, 0) is 48.2 Å². The lowest BCUT2D eigenvalue weighted by Crippen LogP contribution is -2.48. The molecule has 0 radical (unpaired) electrons. The molecular weight excluding hydrogens is 465 g/mol. The lowest BCUT2D eigenvalue weighted by Gasteiger charge is -2.30. The van der Waals surface area contributed by atoms with E-state index in [0.29, 0.717) is 18.5 Å². The summed E-state index contributed by atoms with van der Waals surface area (Å²) in [6.45, 7) is 0.534. The molecule has 9 nitrogen and oxygen atoms in total.